The summed E-state index contributed by atoms with van der Waals surface area (Å²) in [4.78, 5) is 7.00. The van der Waals surface area contributed by atoms with E-state index in [9.17, 15) is 0 Å². The average molecular weight is 413 g/mol. The van der Waals surface area contributed by atoms with Gasteiger partial charge in [0.1, 0.15) is 5.82 Å². The van der Waals surface area contributed by atoms with Crippen LogP contribution in [0, 0.1) is 0 Å². The van der Waals surface area contributed by atoms with Crippen molar-refractivity contribution in [1.29, 1.82) is 0 Å². The lowest BCUT2D eigenvalue weighted by Crippen LogP contribution is -2.26. The van der Waals surface area contributed by atoms with Gasteiger partial charge in [-0.15, -0.1) is 0 Å². The second-order valence-electron chi connectivity index (χ2n) is 8.76. The molecule has 4 heteroatoms. The van der Waals surface area contributed by atoms with Crippen molar-refractivity contribution in [3.8, 4) is 11.3 Å². The summed E-state index contributed by atoms with van der Waals surface area (Å²) in [5.74, 6) is 0.949. The molecule has 0 saturated heterocycles. The van der Waals surface area contributed by atoms with Crippen molar-refractivity contribution in [2.75, 3.05) is 25.5 Å². The van der Waals surface area contributed by atoms with E-state index in [1.54, 1.807) is 0 Å². The molecule has 0 spiro atoms. The number of aryl methyl sites for hydroxylation is 2. The molecule has 0 bridgehead atoms. The second-order valence-corrected chi connectivity index (χ2v) is 8.76. The monoisotopic (exact) mass is 412 g/mol. The zero-order valence-electron chi connectivity index (χ0n) is 18.4. The first-order chi connectivity index (χ1) is 15.2. The van der Waals surface area contributed by atoms with E-state index < -0.39 is 0 Å². The number of rotatable bonds is 6. The predicted octanol–water partition coefficient (Wildman–Crippen LogP) is 5.52. The van der Waals surface area contributed by atoms with Crippen LogP contribution in [0.3, 0.4) is 0 Å². The zero-order valence-corrected chi connectivity index (χ0v) is 18.4. The van der Waals surface area contributed by atoms with Crippen molar-refractivity contribution in [1.82, 2.24) is 14.5 Å². The van der Waals surface area contributed by atoms with Gasteiger partial charge in [0, 0.05) is 51.6 Å². The summed E-state index contributed by atoms with van der Waals surface area (Å²) >= 11 is 0. The average Bonchev–Trinajstić information content (AvgIpc) is 3.22. The number of hydrogen-bond acceptors (Lipinski definition) is 3. The summed E-state index contributed by atoms with van der Waals surface area (Å²) in [6.07, 6.45) is 7.42. The van der Waals surface area contributed by atoms with E-state index in [2.05, 4.69) is 94.7 Å². The standard InChI is InChI=1S/C27H30N4.H2/c1-30-14-11-21-15-20(7-8-24(21)19-30)5-3-12-28-27-17-25-16-22(9-10-23(25)18-29-27)26-6-4-13-31(26)2;/h4,6-10,13,15-18H,3,5,11-12,14,19H2,1-2H3,(H,28,29);1H. The van der Waals surface area contributed by atoms with Crippen LogP contribution in [0.4, 0.5) is 5.82 Å². The molecular formula is C27H32N4. The lowest BCUT2D eigenvalue weighted by molar-refractivity contribution is 0.313. The van der Waals surface area contributed by atoms with Crippen LogP contribution in [-0.4, -0.2) is 34.6 Å². The highest BCUT2D eigenvalue weighted by Gasteiger charge is 2.13. The molecule has 0 radical (unpaired) electrons. The normalized spacial score (nSPS) is 14.0. The molecule has 4 nitrogen and oxygen atoms in total. The van der Waals surface area contributed by atoms with E-state index in [0.29, 0.717) is 0 Å². The minimum atomic E-state index is 0. The fourth-order valence-corrected chi connectivity index (χ4v) is 4.57. The molecule has 0 saturated carbocycles. The fourth-order valence-electron chi connectivity index (χ4n) is 4.57. The molecule has 1 aliphatic rings. The molecule has 3 heterocycles. The van der Waals surface area contributed by atoms with Crippen LogP contribution >= 0.6 is 0 Å². The van der Waals surface area contributed by atoms with Gasteiger partial charge in [0.2, 0.25) is 0 Å². The SMILES string of the molecule is CN1CCc2cc(CCCNc3cc4cc(-c5cccn5C)ccc4cn3)ccc2C1.[HH]. The molecule has 1 N–H and O–H groups in total. The number of likely N-dealkylation sites (N-methyl/N-ethyl adjacent to an activating group) is 1. The van der Waals surface area contributed by atoms with Crippen LogP contribution in [0.25, 0.3) is 22.0 Å². The van der Waals surface area contributed by atoms with E-state index in [4.69, 9.17) is 0 Å². The third-order valence-electron chi connectivity index (χ3n) is 6.38. The Hall–Kier alpha value is -3.11. The molecule has 0 atom stereocenters. The number of pyridine rings is 1. The predicted molar refractivity (Wildman–Crippen MR) is 132 cm³/mol. The van der Waals surface area contributed by atoms with Crippen LogP contribution in [0.15, 0.2) is 67.0 Å². The summed E-state index contributed by atoms with van der Waals surface area (Å²) in [5.41, 5.74) is 6.93. The summed E-state index contributed by atoms with van der Waals surface area (Å²) in [5, 5.41) is 5.91. The summed E-state index contributed by atoms with van der Waals surface area (Å²) in [7, 11) is 4.28. The Morgan fingerprint density at radius 2 is 1.94 bits per heavy atom. The molecular weight excluding hydrogens is 380 g/mol. The van der Waals surface area contributed by atoms with Gasteiger partial charge in [-0.05, 0) is 78.2 Å². The Labute approximate surface area is 186 Å². The lowest BCUT2D eigenvalue weighted by atomic mass is 9.96. The lowest BCUT2D eigenvalue weighted by Gasteiger charge is -2.25. The second kappa shape index (κ2) is 8.56. The molecule has 2 aromatic carbocycles. The van der Waals surface area contributed by atoms with Gasteiger partial charge >= 0.3 is 0 Å². The zero-order chi connectivity index (χ0) is 21.2. The van der Waals surface area contributed by atoms with Gasteiger partial charge in [-0.25, -0.2) is 4.98 Å². The molecule has 0 fully saturated rings. The molecule has 31 heavy (non-hydrogen) atoms. The number of nitrogens with one attached hydrogen (secondary N) is 1. The third-order valence-corrected chi connectivity index (χ3v) is 6.38. The highest BCUT2D eigenvalue weighted by atomic mass is 15.1. The molecule has 0 unspecified atom stereocenters. The summed E-state index contributed by atoms with van der Waals surface area (Å²) < 4.78 is 2.15. The quantitative estimate of drug-likeness (QED) is 0.423. The third kappa shape index (κ3) is 4.35. The maximum absolute atomic E-state index is 4.61. The first kappa shape index (κ1) is 19.8. The van der Waals surface area contributed by atoms with Crippen molar-refractivity contribution < 1.29 is 1.43 Å². The van der Waals surface area contributed by atoms with E-state index >= 15 is 0 Å². The van der Waals surface area contributed by atoms with E-state index in [0.717, 1.165) is 38.3 Å². The van der Waals surface area contributed by atoms with Crippen LogP contribution in [-0.2, 0) is 26.4 Å². The number of nitrogens with zero attached hydrogens (tertiary/aromatic N) is 3. The van der Waals surface area contributed by atoms with Crippen molar-refractivity contribution in [3.63, 3.8) is 0 Å². The van der Waals surface area contributed by atoms with Crippen molar-refractivity contribution in [3.05, 3.63) is 83.7 Å². The van der Waals surface area contributed by atoms with Gasteiger partial charge in [0.05, 0.1) is 0 Å². The number of aromatic nitrogens is 2. The van der Waals surface area contributed by atoms with Crippen LogP contribution in [0.5, 0.6) is 0 Å². The van der Waals surface area contributed by atoms with Gasteiger partial charge in [-0.3, -0.25) is 0 Å². The number of fused-ring (bicyclic) bond motifs is 2. The minimum absolute atomic E-state index is 0. The van der Waals surface area contributed by atoms with Crippen molar-refractivity contribution in [2.45, 2.75) is 25.8 Å². The van der Waals surface area contributed by atoms with E-state index in [-0.39, 0.29) is 1.43 Å². The van der Waals surface area contributed by atoms with Gasteiger partial charge < -0.3 is 14.8 Å². The number of anilines is 1. The molecule has 0 amide bonds. The smallest absolute Gasteiger partial charge is 0.126 e. The Morgan fingerprint density at radius 3 is 2.81 bits per heavy atom. The topological polar surface area (TPSA) is 33.1 Å². The van der Waals surface area contributed by atoms with Crippen molar-refractivity contribution in [2.24, 2.45) is 7.05 Å². The van der Waals surface area contributed by atoms with Crippen LogP contribution in [0.2, 0.25) is 0 Å². The van der Waals surface area contributed by atoms with E-state index in [1.165, 1.54) is 45.1 Å². The van der Waals surface area contributed by atoms with Gasteiger partial charge in [-0.1, -0.05) is 30.3 Å². The highest BCUT2D eigenvalue weighted by molar-refractivity contribution is 5.88. The fraction of sp³-hybridized carbons (Fsp3) is 0.296. The Kier molecular flexibility index (Phi) is 5.47. The largest absolute Gasteiger partial charge is 0.370 e. The van der Waals surface area contributed by atoms with Crippen molar-refractivity contribution >= 4 is 16.6 Å². The Morgan fingerprint density at radius 1 is 1.00 bits per heavy atom. The van der Waals surface area contributed by atoms with Gasteiger partial charge in [-0.2, -0.15) is 0 Å². The molecule has 2 aromatic heterocycles. The molecule has 4 aromatic rings. The van der Waals surface area contributed by atoms with Gasteiger partial charge in [0.15, 0.2) is 0 Å². The van der Waals surface area contributed by atoms with Crippen LogP contribution < -0.4 is 5.32 Å². The summed E-state index contributed by atoms with van der Waals surface area (Å²) in [6.45, 7) is 3.17. The van der Waals surface area contributed by atoms with E-state index in [1.807, 2.05) is 6.20 Å². The Bertz CT molecular complexity index is 1210. The summed E-state index contributed by atoms with van der Waals surface area (Å²) in [6, 6.07) is 20.0. The maximum Gasteiger partial charge on any atom is 0.126 e. The van der Waals surface area contributed by atoms with Gasteiger partial charge in [0.25, 0.3) is 0 Å². The number of benzene rings is 2. The minimum Gasteiger partial charge on any atom is -0.370 e. The molecule has 160 valence electrons. The first-order valence-electron chi connectivity index (χ1n) is 11.2. The molecule has 0 aliphatic carbocycles. The molecule has 1 aliphatic heterocycles. The highest BCUT2D eigenvalue weighted by Crippen LogP contribution is 2.26. The first-order valence-corrected chi connectivity index (χ1v) is 11.2. The Balaban J connectivity index is 0.00000245. The van der Waals surface area contributed by atoms with Crippen LogP contribution in [0.1, 0.15) is 24.5 Å². The molecule has 5 rings (SSSR count). The maximum atomic E-state index is 4.61. The number of hydrogen-bond donors (Lipinski definition) is 1.